The van der Waals surface area contributed by atoms with E-state index in [0.29, 0.717) is 24.1 Å². The topological polar surface area (TPSA) is 58.1 Å². The molecule has 1 aliphatic carbocycles. The van der Waals surface area contributed by atoms with Gasteiger partial charge in [0.05, 0.1) is 0 Å². The van der Waals surface area contributed by atoms with Crippen LogP contribution in [0.2, 0.25) is 0 Å². The number of hydrogen-bond donors (Lipinski definition) is 1. The van der Waals surface area contributed by atoms with Gasteiger partial charge < -0.3 is 10.2 Å². The van der Waals surface area contributed by atoms with Crippen molar-refractivity contribution in [3.63, 3.8) is 0 Å². The number of nitrogens with one attached hydrogen (secondary N) is 1. The molecule has 3 aromatic rings. The second-order valence-electron chi connectivity index (χ2n) is 7.08. The van der Waals surface area contributed by atoms with Crippen LogP contribution in [0.3, 0.4) is 0 Å². The van der Waals surface area contributed by atoms with Crippen molar-refractivity contribution in [2.75, 3.05) is 16.8 Å². The number of nitrogens with zero attached hydrogens (tertiary/aromatic N) is 3. The number of aromatic nitrogens is 2. The summed E-state index contributed by atoms with van der Waals surface area (Å²) in [5, 5.41) is 3.41. The van der Waals surface area contributed by atoms with E-state index in [4.69, 9.17) is 0 Å². The van der Waals surface area contributed by atoms with Crippen LogP contribution in [-0.4, -0.2) is 28.5 Å². The van der Waals surface area contributed by atoms with Crippen LogP contribution in [-0.2, 0) is 6.42 Å². The molecule has 5 heteroatoms. The summed E-state index contributed by atoms with van der Waals surface area (Å²) in [5.41, 5.74) is 3.54. The first-order chi connectivity index (χ1) is 13.3. The van der Waals surface area contributed by atoms with Crippen LogP contribution >= 0.6 is 0 Å². The first-order valence-electron chi connectivity index (χ1n) is 9.39. The summed E-state index contributed by atoms with van der Waals surface area (Å²) in [6.45, 7) is 0.689. The Kier molecular flexibility index (Phi) is 3.85. The van der Waals surface area contributed by atoms with Crippen molar-refractivity contribution < 1.29 is 4.79 Å². The van der Waals surface area contributed by atoms with Crippen LogP contribution in [0.4, 0.5) is 11.5 Å². The van der Waals surface area contributed by atoms with E-state index in [-0.39, 0.29) is 5.91 Å². The smallest absolute Gasteiger partial charge is 0.277 e. The quantitative estimate of drug-likeness (QED) is 0.770. The predicted octanol–water partition coefficient (Wildman–Crippen LogP) is 3.92. The van der Waals surface area contributed by atoms with E-state index in [1.807, 2.05) is 53.4 Å². The van der Waals surface area contributed by atoms with Crippen LogP contribution in [0, 0.1) is 0 Å². The van der Waals surface area contributed by atoms with Gasteiger partial charge in [-0.15, -0.1) is 0 Å². The summed E-state index contributed by atoms with van der Waals surface area (Å²) in [6.07, 6.45) is 3.17. The monoisotopic (exact) mass is 356 g/mol. The summed E-state index contributed by atoms with van der Waals surface area (Å²) in [7, 11) is 0. The number of carbonyl (C=O) groups excluding carboxylic acids is 1. The Bertz CT molecular complexity index is 998. The maximum absolute atomic E-state index is 13.3. The third kappa shape index (κ3) is 3.16. The van der Waals surface area contributed by atoms with Gasteiger partial charge in [0.15, 0.2) is 5.82 Å². The Labute approximate surface area is 158 Å². The molecule has 5 nitrogen and oxygen atoms in total. The zero-order chi connectivity index (χ0) is 18.2. The highest BCUT2D eigenvalue weighted by Crippen LogP contribution is 2.30. The van der Waals surface area contributed by atoms with Crippen LogP contribution in [0.15, 0.2) is 60.7 Å². The highest BCUT2D eigenvalue weighted by Gasteiger charge is 2.28. The van der Waals surface area contributed by atoms with Gasteiger partial charge in [0.25, 0.3) is 5.91 Å². The second kappa shape index (κ2) is 6.50. The van der Waals surface area contributed by atoms with E-state index in [9.17, 15) is 4.79 Å². The van der Waals surface area contributed by atoms with Crippen molar-refractivity contribution in [3.05, 3.63) is 71.9 Å². The molecule has 1 saturated carbocycles. The van der Waals surface area contributed by atoms with Gasteiger partial charge in [-0.25, -0.2) is 9.97 Å². The average molecular weight is 356 g/mol. The Morgan fingerprint density at radius 3 is 2.59 bits per heavy atom. The Balaban J connectivity index is 1.54. The minimum atomic E-state index is -0.0709. The molecule has 1 N–H and O–H groups in total. The molecule has 0 saturated heterocycles. The van der Waals surface area contributed by atoms with Gasteiger partial charge in [0.2, 0.25) is 0 Å². The molecule has 134 valence electrons. The van der Waals surface area contributed by atoms with Gasteiger partial charge in [0.1, 0.15) is 11.5 Å². The fourth-order valence-corrected chi connectivity index (χ4v) is 3.47. The highest BCUT2D eigenvalue weighted by molar-refractivity contribution is 6.06. The van der Waals surface area contributed by atoms with E-state index in [1.165, 1.54) is 5.56 Å². The zero-order valence-corrected chi connectivity index (χ0v) is 14.9. The van der Waals surface area contributed by atoms with E-state index in [2.05, 4.69) is 21.4 Å². The Hall–Kier alpha value is -3.21. The fraction of sp³-hybridized carbons (Fsp3) is 0.227. The molecule has 2 aliphatic rings. The molecule has 2 heterocycles. The molecule has 1 amide bonds. The molecule has 0 radical (unpaired) electrons. The minimum Gasteiger partial charge on any atom is -0.367 e. The van der Waals surface area contributed by atoms with E-state index < -0.39 is 0 Å². The Morgan fingerprint density at radius 2 is 1.78 bits per heavy atom. The molecule has 27 heavy (non-hydrogen) atoms. The maximum Gasteiger partial charge on any atom is 0.277 e. The molecule has 2 aromatic carbocycles. The van der Waals surface area contributed by atoms with Gasteiger partial charge in [-0.1, -0.05) is 48.5 Å². The molecule has 1 aliphatic heterocycles. The maximum atomic E-state index is 13.3. The molecular formula is C22H20N4O. The molecular weight excluding hydrogens is 336 g/mol. The third-order valence-electron chi connectivity index (χ3n) is 5.04. The predicted molar refractivity (Wildman–Crippen MR) is 106 cm³/mol. The summed E-state index contributed by atoms with van der Waals surface area (Å²) < 4.78 is 0. The second-order valence-corrected chi connectivity index (χ2v) is 7.08. The van der Waals surface area contributed by atoms with Crippen LogP contribution in [0.25, 0.3) is 11.4 Å². The van der Waals surface area contributed by atoms with E-state index in [0.717, 1.165) is 36.3 Å². The molecule has 0 unspecified atom stereocenters. The number of rotatable bonds is 4. The number of anilines is 2. The van der Waals surface area contributed by atoms with Gasteiger partial charge in [-0.3, -0.25) is 4.79 Å². The van der Waals surface area contributed by atoms with Gasteiger partial charge >= 0.3 is 0 Å². The van der Waals surface area contributed by atoms with Crippen molar-refractivity contribution in [2.24, 2.45) is 0 Å². The number of hydrogen-bond acceptors (Lipinski definition) is 4. The number of amides is 1. The summed E-state index contributed by atoms with van der Waals surface area (Å²) in [4.78, 5) is 24.3. The summed E-state index contributed by atoms with van der Waals surface area (Å²) >= 11 is 0. The van der Waals surface area contributed by atoms with Crippen LogP contribution in [0.5, 0.6) is 0 Å². The molecule has 5 rings (SSSR count). The first-order valence-corrected chi connectivity index (χ1v) is 9.39. The Morgan fingerprint density at radius 1 is 1.00 bits per heavy atom. The zero-order valence-electron chi connectivity index (χ0n) is 14.9. The summed E-state index contributed by atoms with van der Waals surface area (Å²) in [5.74, 6) is 1.23. The lowest BCUT2D eigenvalue weighted by Crippen LogP contribution is -2.30. The molecule has 0 bridgehead atoms. The lowest BCUT2D eigenvalue weighted by atomic mass is 10.2. The fourth-order valence-electron chi connectivity index (χ4n) is 3.47. The van der Waals surface area contributed by atoms with Gasteiger partial charge in [-0.2, -0.15) is 0 Å². The van der Waals surface area contributed by atoms with Crippen LogP contribution in [0.1, 0.15) is 28.9 Å². The number of benzene rings is 2. The lowest BCUT2D eigenvalue weighted by molar-refractivity contribution is 0.0984. The van der Waals surface area contributed by atoms with Crippen molar-refractivity contribution in [1.82, 2.24) is 9.97 Å². The SMILES string of the molecule is O=C(c1cc(NC2CC2)nc(-c2ccccc2)n1)N1CCc2ccccc21. The van der Waals surface area contributed by atoms with Gasteiger partial charge in [0, 0.05) is 29.9 Å². The van der Waals surface area contributed by atoms with Gasteiger partial charge in [-0.05, 0) is 30.9 Å². The van der Waals surface area contributed by atoms with Crippen LogP contribution < -0.4 is 10.2 Å². The van der Waals surface area contributed by atoms with E-state index in [1.54, 1.807) is 6.07 Å². The first kappa shape index (κ1) is 16.0. The molecule has 1 aromatic heterocycles. The summed E-state index contributed by atoms with van der Waals surface area (Å²) in [6, 6.07) is 20.1. The lowest BCUT2D eigenvalue weighted by Gasteiger charge is -2.18. The van der Waals surface area contributed by atoms with Crippen molar-refractivity contribution in [3.8, 4) is 11.4 Å². The number of fused-ring (bicyclic) bond motifs is 1. The largest absolute Gasteiger partial charge is 0.367 e. The average Bonchev–Trinajstić information content (AvgIpc) is 3.43. The van der Waals surface area contributed by atoms with Crippen molar-refractivity contribution in [2.45, 2.75) is 25.3 Å². The molecule has 0 spiro atoms. The van der Waals surface area contributed by atoms with E-state index >= 15 is 0 Å². The highest BCUT2D eigenvalue weighted by atomic mass is 16.2. The third-order valence-corrected chi connectivity index (χ3v) is 5.04. The van der Waals surface area contributed by atoms with Crippen molar-refractivity contribution >= 4 is 17.4 Å². The van der Waals surface area contributed by atoms with Crippen molar-refractivity contribution in [1.29, 1.82) is 0 Å². The number of carbonyl (C=O) groups is 1. The molecule has 1 fully saturated rings. The normalized spacial score (nSPS) is 15.5. The minimum absolute atomic E-state index is 0.0709. The number of para-hydroxylation sites is 1. The molecule has 0 atom stereocenters. The standard InChI is InChI=1S/C22H20N4O/c27-22(26-13-12-15-6-4-5-9-19(15)26)18-14-20(23-17-10-11-17)25-21(24-18)16-7-2-1-3-8-16/h1-9,14,17H,10-13H2,(H,23,24,25).